The third-order valence-corrected chi connectivity index (χ3v) is 1.35. The molecule has 0 radical (unpaired) electrons. The Morgan fingerprint density at radius 3 is 2.00 bits per heavy atom. The lowest BCUT2D eigenvalue weighted by molar-refractivity contribution is 1.24. The SMILES string of the molecule is NN1c2ccccc21. The van der Waals surface area contributed by atoms with Crippen molar-refractivity contribution >= 4 is 11.4 Å². The Balaban J connectivity index is 2.58. The van der Waals surface area contributed by atoms with Crippen molar-refractivity contribution in [1.29, 1.82) is 0 Å². The minimum Gasteiger partial charge on any atom is -0.275 e. The van der Waals surface area contributed by atoms with Gasteiger partial charge in [-0.25, -0.2) is 5.84 Å². The average molecular weight is 106 g/mol. The number of anilines is 2. The molecule has 1 heterocycles. The number of nitrogens with zero attached hydrogens (tertiary/aromatic N) is 1. The van der Waals surface area contributed by atoms with Crippen molar-refractivity contribution in [2.45, 2.75) is 0 Å². The molecular formula is C6H6N2. The first kappa shape index (κ1) is 3.92. The van der Waals surface area contributed by atoms with Gasteiger partial charge in [-0.05, 0) is 12.1 Å². The monoisotopic (exact) mass is 106 g/mol. The second kappa shape index (κ2) is 1.03. The number of hydrogen-bond acceptors (Lipinski definition) is 2. The summed E-state index contributed by atoms with van der Waals surface area (Å²) in [6, 6.07) is 7.95. The molecule has 1 aliphatic heterocycles. The first-order valence-electron chi connectivity index (χ1n) is 2.53. The zero-order chi connectivity index (χ0) is 5.56. The Morgan fingerprint density at radius 2 is 1.62 bits per heavy atom. The third kappa shape index (κ3) is 0.309. The van der Waals surface area contributed by atoms with Crippen molar-refractivity contribution in [2.75, 3.05) is 5.01 Å². The van der Waals surface area contributed by atoms with E-state index in [1.165, 1.54) is 0 Å². The minimum atomic E-state index is 1.15. The van der Waals surface area contributed by atoms with Crippen LogP contribution in [0.3, 0.4) is 0 Å². The average Bonchev–Trinajstić information content (AvgIpc) is 2.46. The molecule has 40 valence electrons. The number of para-hydroxylation sites is 2. The van der Waals surface area contributed by atoms with Gasteiger partial charge in [0.05, 0.1) is 11.4 Å². The van der Waals surface area contributed by atoms with Crippen LogP contribution in [-0.2, 0) is 0 Å². The summed E-state index contributed by atoms with van der Waals surface area (Å²) in [6.45, 7) is 0. The standard InChI is InChI=1S/C6H6N2/c7-8-5-3-1-2-4-6(5)8/h1-4H,7H2. The number of rotatable bonds is 0. The molecule has 2 heteroatoms. The number of fused-ring (bicyclic) bond motifs is 1. The quantitative estimate of drug-likeness (QED) is 0.395. The van der Waals surface area contributed by atoms with Gasteiger partial charge in [-0.3, -0.25) is 5.01 Å². The van der Waals surface area contributed by atoms with Crippen LogP contribution >= 0.6 is 0 Å². The number of benzene rings is 1. The lowest BCUT2D eigenvalue weighted by Crippen LogP contribution is -2.06. The molecule has 8 heavy (non-hydrogen) atoms. The molecule has 0 unspecified atom stereocenters. The maximum Gasteiger partial charge on any atom is 0.0827 e. The molecule has 0 spiro atoms. The van der Waals surface area contributed by atoms with Crippen LogP contribution in [0, 0.1) is 0 Å². The summed E-state index contributed by atoms with van der Waals surface area (Å²) in [6.07, 6.45) is 0. The Bertz CT molecular complexity index is 197. The molecule has 0 saturated heterocycles. The molecule has 2 N–H and O–H groups in total. The van der Waals surface area contributed by atoms with Gasteiger partial charge in [0, 0.05) is 0 Å². The molecule has 0 aromatic heterocycles. The molecule has 0 aliphatic carbocycles. The largest absolute Gasteiger partial charge is 0.275 e. The normalized spacial score (nSPS) is 13.4. The van der Waals surface area contributed by atoms with E-state index < -0.39 is 0 Å². The van der Waals surface area contributed by atoms with Crippen LogP contribution in [0.1, 0.15) is 0 Å². The fourth-order valence-corrected chi connectivity index (χ4v) is 0.830. The molecule has 0 fully saturated rings. The lowest BCUT2D eigenvalue weighted by Gasteiger charge is -1.80. The van der Waals surface area contributed by atoms with E-state index in [1.807, 2.05) is 24.3 Å². The Labute approximate surface area is 47.5 Å². The van der Waals surface area contributed by atoms with Crippen LogP contribution in [0.2, 0.25) is 0 Å². The predicted molar refractivity (Wildman–Crippen MR) is 32.8 cm³/mol. The fourth-order valence-electron chi connectivity index (χ4n) is 0.830. The predicted octanol–water partition coefficient (Wildman–Crippen LogP) is 1.01. The molecule has 2 nitrogen and oxygen atoms in total. The second-order valence-corrected chi connectivity index (χ2v) is 1.86. The zero-order valence-electron chi connectivity index (χ0n) is 4.33. The van der Waals surface area contributed by atoms with E-state index in [9.17, 15) is 0 Å². The van der Waals surface area contributed by atoms with Crippen LogP contribution in [0.5, 0.6) is 0 Å². The molecular weight excluding hydrogens is 100 g/mol. The molecule has 0 bridgehead atoms. The molecule has 0 saturated carbocycles. The van der Waals surface area contributed by atoms with E-state index in [4.69, 9.17) is 5.84 Å². The summed E-state index contributed by atoms with van der Waals surface area (Å²) in [5, 5.41) is 1.67. The van der Waals surface area contributed by atoms with E-state index in [2.05, 4.69) is 0 Å². The molecule has 1 aliphatic rings. The van der Waals surface area contributed by atoms with E-state index in [-0.39, 0.29) is 0 Å². The number of hydrazine groups is 1. The minimum absolute atomic E-state index is 1.15. The van der Waals surface area contributed by atoms with Crippen molar-refractivity contribution in [2.24, 2.45) is 5.84 Å². The summed E-state index contributed by atoms with van der Waals surface area (Å²) in [5.74, 6) is 5.43. The highest BCUT2D eigenvalue weighted by atomic mass is 15.5. The lowest BCUT2D eigenvalue weighted by atomic mass is 10.4. The van der Waals surface area contributed by atoms with E-state index in [1.54, 1.807) is 5.01 Å². The molecule has 1 aromatic carbocycles. The van der Waals surface area contributed by atoms with Crippen molar-refractivity contribution in [1.82, 2.24) is 0 Å². The van der Waals surface area contributed by atoms with Crippen LogP contribution < -0.4 is 10.9 Å². The summed E-state index contributed by atoms with van der Waals surface area (Å²) in [4.78, 5) is 0. The number of nitrogens with two attached hydrogens (primary N) is 1. The summed E-state index contributed by atoms with van der Waals surface area (Å²) < 4.78 is 0. The zero-order valence-corrected chi connectivity index (χ0v) is 4.33. The molecule has 0 atom stereocenters. The van der Waals surface area contributed by atoms with E-state index >= 15 is 0 Å². The van der Waals surface area contributed by atoms with Crippen LogP contribution in [0.15, 0.2) is 24.3 Å². The molecule has 2 rings (SSSR count). The Hall–Kier alpha value is -1.02. The van der Waals surface area contributed by atoms with Gasteiger partial charge in [0.15, 0.2) is 0 Å². The van der Waals surface area contributed by atoms with Crippen molar-refractivity contribution in [3.8, 4) is 0 Å². The molecule has 1 aromatic rings. The van der Waals surface area contributed by atoms with Crippen LogP contribution in [0.4, 0.5) is 11.4 Å². The van der Waals surface area contributed by atoms with Gasteiger partial charge < -0.3 is 0 Å². The fraction of sp³-hybridized carbons (Fsp3) is 0. The van der Waals surface area contributed by atoms with Crippen LogP contribution in [0.25, 0.3) is 0 Å². The Morgan fingerprint density at radius 1 is 1.12 bits per heavy atom. The third-order valence-electron chi connectivity index (χ3n) is 1.35. The summed E-state index contributed by atoms with van der Waals surface area (Å²) in [7, 11) is 0. The second-order valence-electron chi connectivity index (χ2n) is 1.86. The first-order chi connectivity index (χ1) is 3.89. The van der Waals surface area contributed by atoms with Gasteiger partial charge in [-0.2, -0.15) is 0 Å². The first-order valence-corrected chi connectivity index (χ1v) is 2.53. The van der Waals surface area contributed by atoms with Gasteiger partial charge in [-0.1, -0.05) is 12.1 Å². The Kier molecular flexibility index (Phi) is 0.506. The van der Waals surface area contributed by atoms with Crippen molar-refractivity contribution < 1.29 is 0 Å². The molecule has 0 amide bonds. The maximum absolute atomic E-state index is 5.43. The van der Waals surface area contributed by atoms with Crippen molar-refractivity contribution in [3.05, 3.63) is 24.3 Å². The summed E-state index contributed by atoms with van der Waals surface area (Å²) >= 11 is 0. The highest BCUT2D eigenvalue weighted by Crippen LogP contribution is 2.43. The smallest absolute Gasteiger partial charge is 0.0827 e. The summed E-state index contributed by atoms with van der Waals surface area (Å²) in [5.41, 5.74) is 2.29. The topological polar surface area (TPSA) is 29.0 Å². The maximum atomic E-state index is 5.43. The van der Waals surface area contributed by atoms with E-state index in [0.717, 1.165) is 11.4 Å². The van der Waals surface area contributed by atoms with Crippen LogP contribution in [-0.4, -0.2) is 0 Å². The van der Waals surface area contributed by atoms with Gasteiger partial charge in [0.25, 0.3) is 0 Å². The number of hydrogen-bond donors (Lipinski definition) is 1. The van der Waals surface area contributed by atoms with Gasteiger partial charge >= 0.3 is 0 Å². The van der Waals surface area contributed by atoms with E-state index in [0.29, 0.717) is 0 Å². The van der Waals surface area contributed by atoms with Gasteiger partial charge in [-0.15, -0.1) is 0 Å². The van der Waals surface area contributed by atoms with Crippen molar-refractivity contribution in [3.63, 3.8) is 0 Å². The van der Waals surface area contributed by atoms with Gasteiger partial charge in [0.2, 0.25) is 0 Å². The highest BCUT2D eigenvalue weighted by Gasteiger charge is 2.23. The van der Waals surface area contributed by atoms with Gasteiger partial charge in [0.1, 0.15) is 0 Å². The highest BCUT2D eigenvalue weighted by molar-refractivity contribution is 5.91.